The molecule has 2 N–H and O–H groups in total. The van der Waals surface area contributed by atoms with E-state index in [0.29, 0.717) is 29.2 Å². The van der Waals surface area contributed by atoms with Gasteiger partial charge in [0, 0.05) is 36.3 Å². The topological polar surface area (TPSA) is 122 Å². The number of methoxy groups -OCH3 is 2. The van der Waals surface area contributed by atoms with Crippen LogP contribution in [0.5, 0.6) is 11.5 Å². The van der Waals surface area contributed by atoms with Gasteiger partial charge in [0.2, 0.25) is 5.91 Å². The van der Waals surface area contributed by atoms with E-state index < -0.39 is 17.4 Å². The molecule has 3 aromatic rings. The van der Waals surface area contributed by atoms with Gasteiger partial charge >= 0.3 is 0 Å². The maximum absolute atomic E-state index is 14.0. The number of benzene rings is 2. The number of anilines is 1. The Bertz CT molecular complexity index is 1600. The lowest BCUT2D eigenvalue weighted by Gasteiger charge is -2.28. The summed E-state index contributed by atoms with van der Waals surface area (Å²) in [6.45, 7) is 2.45. The number of aliphatic hydroxyl groups excluding tert-OH is 1. The number of nitrogens with zero attached hydrogens (tertiary/aromatic N) is 3. The summed E-state index contributed by atoms with van der Waals surface area (Å²) in [7, 11) is 2.96. The highest BCUT2D eigenvalue weighted by Gasteiger charge is 2.52. The van der Waals surface area contributed by atoms with Gasteiger partial charge in [-0.05, 0) is 60.9 Å². The van der Waals surface area contributed by atoms with Crippen molar-refractivity contribution < 1.29 is 29.3 Å². The maximum atomic E-state index is 14.0. The van der Waals surface area contributed by atoms with Gasteiger partial charge in [-0.1, -0.05) is 31.2 Å². The Balaban J connectivity index is 1.42. The minimum Gasteiger partial charge on any atom is -0.497 e. The van der Waals surface area contributed by atoms with Crippen molar-refractivity contribution in [3.05, 3.63) is 94.4 Å². The zero-order valence-electron chi connectivity index (χ0n) is 24.6. The van der Waals surface area contributed by atoms with E-state index in [1.54, 1.807) is 66.6 Å². The number of hydrogen-bond acceptors (Lipinski definition) is 7. The molecule has 1 saturated heterocycles. The van der Waals surface area contributed by atoms with E-state index in [9.17, 15) is 24.6 Å². The van der Waals surface area contributed by atoms with Gasteiger partial charge in [-0.15, -0.1) is 0 Å². The summed E-state index contributed by atoms with van der Waals surface area (Å²) in [5.74, 6) is -0.543. The Morgan fingerprint density at radius 1 is 1.12 bits per heavy atom. The second-order valence-electron chi connectivity index (χ2n) is 10.9. The number of fused-ring (bicyclic) bond motifs is 1. The lowest BCUT2D eigenvalue weighted by atomic mass is 9.83. The van der Waals surface area contributed by atoms with Crippen molar-refractivity contribution in [1.29, 1.82) is 0 Å². The van der Waals surface area contributed by atoms with Crippen molar-refractivity contribution in [2.24, 2.45) is 5.92 Å². The fourth-order valence-corrected chi connectivity index (χ4v) is 6.01. The van der Waals surface area contributed by atoms with E-state index in [1.165, 1.54) is 23.7 Å². The molecule has 226 valence electrons. The summed E-state index contributed by atoms with van der Waals surface area (Å²) in [4.78, 5) is 42.8. The third kappa shape index (κ3) is 5.55. The van der Waals surface area contributed by atoms with E-state index in [-0.39, 0.29) is 42.8 Å². The number of carbonyl (C=O) groups is 2. The summed E-state index contributed by atoms with van der Waals surface area (Å²) in [6, 6.07) is 15.6. The lowest BCUT2D eigenvalue weighted by molar-refractivity contribution is -0.139. The molecule has 2 aliphatic rings. The third-order valence-electron chi connectivity index (χ3n) is 8.42. The Labute approximate surface area is 250 Å². The molecule has 10 nitrogen and oxygen atoms in total. The third-order valence-corrected chi connectivity index (χ3v) is 8.42. The van der Waals surface area contributed by atoms with Gasteiger partial charge in [-0.2, -0.15) is 0 Å². The number of ether oxygens (including phenoxy) is 2. The standard InChI is InChI=1S/C33H37N3O7/c1-22(8-4-13-30(38)34-16-6-11-25(34)21-37)33(41)27-19-26(42-2)14-15-28(27)36(32(33)40)20-23-9-5-10-24(18-23)35-17-7-12-29(43-3)31(35)39/h4-5,7-10,12,14-15,17-19,22,25,37,41H,6,11,13,16,20-21H2,1-3H3/b8-4+/t22-,25-,33+/m0/s1. The first-order chi connectivity index (χ1) is 20.7. The lowest BCUT2D eigenvalue weighted by Crippen LogP contribution is -2.44. The van der Waals surface area contributed by atoms with E-state index in [1.807, 2.05) is 18.2 Å². The molecule has 43 heavy (non-hydrogen) atoms. The Hall–Kier alpha value is -4.41. The number of aliphatic hydroxyl groups is 2. The molecule has 0 radical (unpaired) electrons. The van der Waals surface area contributed by atoms with Gasteiger partial charge in [0.05, 0.1) is 39.1 Å². The fraction of sp³-hybridized carbons (Fsp3) is 0.364. The zero-order chi connectivity index (χ0) is 30.7. The molecule has 0 aliphatic carbocycles. The molecular formula is C33H37N3O7. The number of likely N-dealkylation sites (tertiary alicyclic amines) is 1. The van der Waals surface area contributed by atoms with Gasteiger partial charge in [-0.3, -0.25) is 19.0 Å². The van der Waals surface area contributed by atoms with Crippen molar-refractivity contribution in [3.63, 3.8) is 0 Å². The highest BCUT2D eigenvalue weighted by Crippen LogP contribution is 2.47. The largest absolute Gasteiger partial charge is 0.497 e. The Morgan fingerprint density at radius 2 is 1.93 bits per heavy atom. The molecule has 2 amide bonds. The zero-order valence-corrected chi connectivity index (χ0v) is 24.6. The van der Waals surface area contributed by atoms with Crippen LogP contribution in [0.4, 0.5) is 5.69 Å². The smallest absolute Gasteiger partial charge is 0.297 e. The van der Waals surface area contributed by atoms with Crippen LogP contribution in [0.15, 0.2) is 77.7 Å². The van der Waals surface area contributed by atoms with E-state index in [4.69, 9.17) is 9.47 Å². The second kappa shape index (κ2) is 12.4. The quantitative estimate of drug-likeness (QED) is 0.350. The molecule has 0 saturated carbocycles. The summed E-state index contributed by atoms with van der Waals surface area (Å²) in [5, 5.41) is 21.6. The van der Waals surface area contributed by atoms with Crippen LogP contribution in [0.1, 0.15) is 37.3 Å². The van der Waals surface area contributed by atoms with Crippen LogP contribution in [0.2, 0.25) is 0 Å². The predicted molar refractivity (Wildman–Crippen MR) is 161 cm³/mol. The van der Waals surface area contributed by atoms with Gasteiger partial charge in [-0.25, -0.2) is 0 Å². The van der Waals surface area contributed by atoms with Crippen LogP contribution < -0.4 is 19.9 Å². The van der Waals surface area contributed by atoms with Crippen molar-refractivity contribution in [2.75, 3.05) is 32.3 Å². The molecular weight excluding hydrogens is 550 g/mol. The molecule has 0 unspecified atom stereocenters. The van der Waals surface area contributed by atoms with Crippen molar-refractivity contribution in [2.45, 2.75) is 44.4 Å². The Morgan fingerprint density at radius 3 is 2.67 bits per heavy atom. The van der Waals surface area contributed by atoms with E-state index >= 15 is 0 Å². The monoisotopic (exact) mass is 587 g/mol. The summed E-state index contributed by atoms with van der Waals surface area (Å²) >= 11 is 0. The number of pyridine rings is 1. The van der Waals surface area contributed by atoms with E-state index in [0.717, 1.165) is 18.4 Å². The molecule has 0 spiro atoms. The van der Waals surface area contributed by atoms with Crippen LogP contribution in [0.3, 0.4) is 0 Å². The summed E-state index contributed by atoms with van der Waals surface area (Å²) in [5.41, 5.74) is 0.135. The first kappa shape index (κ1) is 30.1. The number of hydrogen-bond donors (Lipinski definition) is 2. The predicted octanol–water partition coefficient (Wildman–Crippen LogP) is 3.15. The Kier molecular flexibility index (Phi) is 8.70. The van der Waals surface area contributed by atoms with Crippen molar-refractivity contribution in [3.8, 4) is 17.2 Å². The first-order valence-corrected chi connectivity index (χ1v) is 14.4. The van der Waals surface area contributed by atoms with Crippen LogP contribution >= 0.6 is 0 Å². The average Bonchev–Trinajstić information content (AvgIpc) is 3.59. The van der Waals surface area contributed by atoms with Crippen LogP contribution in [0.25, 0.3) is 5.69 Å². The normalized spacial score (nSPS) is 20.5. The minimum atomic E-state index is -1.90. The molecule has 3 heterocycles. The highest BCUT2D eigenvalue weighted by molar-refractivity contribution is 6.07. The molecule has 2 aliphatic heterocycles. The van der Waals surface area contributed by atoms with E-state index in [2.05, 4.69) is 0 Å². The summed E-state index contributed by atoms with van der Waals surface area (Å²) in [6.07, 6.45) is 6.78. The molecule has 1 fully saturated rings. The molecule has 0 bridgehead atoms. The minimum absolute atomic E-state index is 0.0618. The fourth-order valence-electron chi connectivity index (χ4n) is 6.01. The van der Waals surface area contributed by atoms with Crippen molar-refractivity contribution in [1.82, 2.24) is 9.47 Å². The number of rotatable bonds is 10. The molecule has 2 aromatic carbocycles. The second-order valence-corrected chi connectivity index (χ2v) is 10.9. The van der Waals surface area contributed by atoms with Gasteiger partial charge < -0.3 is 29.5 Å². The number of aromatic nitrogens is 1. The number of amides is 2. The first-order valence-electron chi connectivity index (χ1n) is 14.4. The SMILES string of the molecule is COc1ccc2c(c1)[C@](O)([C@@H](C)/C=C/CC(=O)N1CCC[C@H]1CO)C(=O)N2Cc1cccc(-n2cccc(OC)c2=O)c1. The van der Waals surface area contributed by atoms with Gasteiger partial charge in [0.1, 0.15) is 5.75 Å². The molecule has 1 aromatic heterocycles. The van der Waals surface area contributed by atoms with Gasteiger partial charge in [0.25, 0.3) is 11.5 Å². The number of carbonyl (C=O) groups excluding carboxylic acids is 2. The average molecular weight is 588 g/mol. The molecule has 5 rings (SSSR count). The van der Waals surface area contributed by atoms with Crippen molar-refractivity contribution >= 4 is 17.5 Å². The maximum Gasteiger partial charge on any atom is 0.297 e. The molecule has 3 atom stereocenters. The summed E-state index contributed by atoms with van der Waals surface area (Å²) < 4.78 is 12.1. The molecule has 10 heteroatoms. The van der Waals surface area contributed by atoms with Crippen LogP contribution in [0, 0.1) is 5.92 Å². The van der Waals surface area contributed by atoms with Gasteiger partial charge in [0.15, 0.2) is 11.4 Å². The highest BCUT2D eigenvalue weighted by atomic mass is 16.5. The van der Waals surface area contributed by atoms with Crippen LogP contribution in [-0.4, -0.2) is 64.9 Å². The van der Waals surface area contributed by atoms with Crippen LogP contribution in [-0.2, 0) is 21.7 Å².